The molecule has 2 heterocycles. The normalized spacial score (nSPS) is 33.5. The first-order chi connectivity index (χ1) is 8.74. The van der Waals surface area contributed by atoms with Crippen molar-refractivity contribution in [2.45, 2.75) is 38.3 Å². The smallest absolute Gasteiger partial charge is 0.0349 e. The van der Waals surface area contributed by atoms with E-state index in [-0.39, 0.29) is 0 Å². The Morgan fingerprint density at radius 2 is 1.94 bits per heavy atom. The molecule has 2 unspecified atom stereocenters. The zero-order chi connectivity index (χ0) is 13.0. The number of rotatable bonds is 3. The molecule has 0 aromatic rings. The van der Waals surface area contributed by atoms with Gasteiger partial charge in [-0.25, -0.2) is 0 Å². The lowest BCUT2D eigenvalue weighted by atomic mass is 10.0. The van der Waals surface area contributed by atoms with Crippen molar-refractivity contribution < 1.29 is 0 Å². The zero-order valence-corrected chi connectivity index (χ0v) is 12.1. The van der Waals surface area contributed by atoms with Crippen LogP contribution in [0.5, 0.6) is 0 Å². The molecule has 0 saturated carbocycles. The van der Waals surface area contributed by atoms with Gasteiger partial charge in [0, 0.05) is 38.3 Å². The maximum atomic E-state index is 5.98. The van der Waals surface area contributed by atoms with E-state index in [1.807, 2.05) is 0 Å². The summed E-state index contributed by atoms with van der Waals surface area (Å²) in [6.07, 6.45) is 4.03. The van der Waals surface area contributed by atoms with Crippen molar-refractivity contribution in [2.24, 2.45) is 5.73 Å². The Hall–Kier alpha value is -0.160. The van der Waals surface area contributed by atoms with Crippen LogP contribution in [-0.4, -0.2) is 79.6 Å². The molecule has 0 radical (unpaired) electrons. The van der Waals surface area contributed by atoms with E-state index >= 15 is 0 Å². The molecular weight excluding hydrogens is 224 g/mol. The van der Waals surface area contributed by atoms with Crippen molar-refractivity contribution >= 4 is 0 Å². The van der Waals surface area contributed by atoms with Gasteiger partial charge in [0.05, 0.1) is 0 Å². The Labute approximate surface area is 112 Å². The molecule has 0 aromatic heterocycles. The summed E-state index contributed by atoms with van der Waals surface area (Å²) < 4.78 is 0. The molecule has 4 nitrogen and oxygen atoms in total. The van der Waals surface area contributed by atoms with Gasteiger partial charge in [-0.3, -0.25) is 4.90 Å². The lowest BCUT2D eigenvalue weighted by molar-refractivity contribution is 0.0501. The van der Waals surface area contributed by atoms with Crippen LogP contribution in [0.25, 0.3) is 0 Å². The number of nitrogens with zero attached hydrogens (tertiary/aromatic N) is 3. The van der Waals surface area contributed by atoms with Crippen LogP contribution in [0.3, 0.4) is 0 Å². The van der Waals surface area contributed by atoms with Crippen LogP contribution in [0.15, 0.2) is 0 Å². The van der Waals surface area contributed by atoms with E-state index in [1.54, 1.807) is 0 Å². The minimum Gasteiger partial charge on any atom is -0.329 e. The minimum absolute atomic E-state index is 0.571. The van der Waals surface area contributed by atoms with Crippen LogP contribution in [0.4, 0.5) is 0 Å². The number of piperazine rings is 1. The highest BCUT2D eigenvalue weighted by atomic mass is 15.3. The number of hydrogen-bond donors (Lipinski definition) is 1. The van der Waals surface area contributed by atoms with E-state index in [4.69, 9.17) is 5.73 Å². The Morgan fingerprint density at radius 3 is 2.67 bits per heavy atom. The predicted molar refractivity (Wildman–Crippen MR) is 76.8 cm³/mol. The van der Waals surface area contributed by atoms with Gasteiger partial charge in [0.2, 0.25) is 0 Å². The fourth-order valence-electron chi connectivity index (χ4n) is 3.50. The monoisotopic (exact) mass is 254 g/mol. The van der Waals surface area contributed by atoms with Gasteiger partial charge in [-0.2, -0.15) is 0 Å². The van der Waals surface area contributed by atoms with Gasteiger partial charge < -0.3 is 15.5 Å². The highest BCUT2D eigenvalue weighted by molar-refractivity contribution is 4.88. The van der Waals surface area contributed by atoms with E-state index in [0.717, 1.165) is 19.1 Å². The van der Waals surface area contributed by atoms with E-state index in [9.17, 15) is 0 Å². The molecule has 2 atom stereocenters. The Balaban J connectivity index is 1.92. The molecule has 2 fully saturated rings. The molecule has 2 rings (SSSR count). The SMILES string of the molecule is CCN1CCCC(N2CCN(C)CC2CN)CC1. The summed E-state index contributed by atoms with van der Waals surface area (Å²) in [6.45, 7) is 10.4. The largest absolute Gasteiger partial charge is 0.329 e. The molecule has 0 spiro atoms. The van der Waals surface area contributed by atoms with E-state index in [2.05, 4.69) is 28.7 Å². The van der Waals surface area contributed by atoms with Crippen LogP contribution in [-0.2, 0) is 0 Å². The minimum atomic E-state index is 0.571. The molecule has 2 aliphatic rings. The second-order valence-electron chi connectivity index (χ2n) is 5.91. The quantitative estimate of drug-likeness (QED) is 0.792. The lowest BCUT2D eigenvalue weighted by Gasteiger charge is -2.44. The summed E-state index contributed by atoms with van der Waals surface area (Å²) in [4.78, 5) is 7.72. The predicted octanol–water partition coefficient (Wildman–Crippen LogP) is 0.436. The molecule has 18 heavy (non-hydrogen) atoms. The summed E-state index contributed by atoms with van der Waals surface area (Å²) in [5, 5.41) is 0. The average molecular weight is 254 g/mol. The first kappa shape index (κ1) is 14.3. The second-order valence-corrected chi connectivity index (χ2v) is 5.91. The Bertz CT molecular complexity index is 246. The summed E-state index contributed by atoms with van der Waals surface area (Å²) in [5.41, 5.74) is 5.98. The van der Waals surface area contributed by atoms with Crippen LogP contribution < -0.4 is 5.73 Å². The van der Waals surface area contributed by atoms with Crippen molar-refractivity contribution in [1.29, 1.82) is 0 Å². The second kappa shape index (κ2) is 6.85. The molecule has 4 heteroatoms. The molecule has 2 saturated heterocycles. The standard InChI is InChI=1S/C14H30N4/c1-3-17-7-4-5-13(6-8-17)18-10-9-16(2)12-14(18)11-15/h13-14H,3-12,15H2,1-2H3. The van der Waals surface area contributed by atoms with Gasteiger partial charge in [-0.15, -0.1) is 0 Å². The highest BCUT2D eigenvalue weighted by Crippen LogP contribution is 2.21. The Kier molecular flexibility index (Phi) is 5.42. The number of hydrogen-bond acceptors (Lipinski definition) is 4. The number of nitrogens with two attached hydrogens (primary N) is 1. The maximum Gasteiger partial charge on any atom is 0.0349 e. The van der Waals surface area contributed by atoms with Crippen molar-refractivity contribution in [3.63, 3.8) is 0 Å². The lowest BCUT2D eigenvalue weighted by Crippen LogP contribution is -2.58. The van der Waals surface area contributed by atoms with Gasteiger partial charge in [-0.1, -0.05) is 6.92 Å². The summed E-state index contributed by atoms with van der Waals surface area (Å²) in [7, 11) is 2.21. The van der Waals surface area contributed by atoms with Gasteiger partial charge >= 0.3 is 0 Å². The van der Waals surface area contributed by atoms with Crippen LogP contribution in [0, 0.1) is 0 Å². The fourth-order valence-corrected chi connectivity index (χ4v) is 3.50. The molecule has 0 aliphatic carbocycles. The van der Waals surface area contributed by atoms with Gasteiger partial charge in [-0.05, 0) is 45.9 Å². The van der Waals surface area contributed by atoms with E-state index < -0.39 is 0 Å². The molecule has 2 aliphatic heterocycles. The van der Waals surface area contributed by atoms with Crippen LogP contribution in [0.2, 0.25) is 0 Å². The average Bonchev–Trinajstić information content (AvgIpc) is 2.63. The topological polar surface area (TPSA) is 35.7 Å². The third-order valence-corrected chi connectivity index (χ3v) is 4.71. The molecule has 0 aromatic carbocycles. The van der Waals surface area contributed by atoms with E-state index in [1.165, 1.54) is 52.0 Å². The van der Waals surface area contributed by atoms with Crippen molar-refractivity contribution in [3.8, 4) is 0 Å². The van der Waals surface area contributed by atoms with Gasteiger partial charge in [0.1, 0.15) is 0 Å². The van der Waals surface area contributed by atoms with Crippen molar-refractivity contribution in [1.82, 2.24) is 14.7 Å². The van der Waals surface area contributed by atoms with Gasteiger partial charge in [0.15, 0.2) is 0 Å². The molecule has 0 amide bonds. The molecular formula is C14H30N4. The summed E-state index contributed by atoms with van der Waals surface area (Å²) >= 11 is 0. The third kappa shape index (κ3) is 3.44. The van der Waals surface area contributed by atoms with Crippen LogP contribution in [0.1, 0.15) is 26.2 Å². The Morgan fingerprint density at radius 1 is 1.11 bits per heavy atom. The highest BCUT2D eigenvalue weighted by Gasteiger charge is 2.30. The number of likely N-dealkylation sites (N-methyl/N-ethyl adjacent to an activating group) is 1. The summed E-state index contributed by atoms with van der Waals surface area (Å²) in [6, 6.07) is 1.34. The zero-order valence-electron chi connectivity index (χ0n) is 12.1. The molecule has 2 N–H and O–H groups in total. The fraction of sp³-hybridized carbons (Fsp3) is 1.00. The molecule has 106 valence electrons. The summed E-state index contributed by atoms with van der Waals surface area (Å²) in [5.74, 6) is 0. The number of likely N-dealkylation sites (tertiary alicyclic amines) is 1. The molecule has 0 bridgehead atoms. The van der Waals surface area contributed by atoms with Crippen molar-refractivity contribution in [3.05, 3.63) is 0 Å². The van der Waals surface area contributed by atoms with E-state index in [0.29, 0.717) is 6.04 Å². The van der Waals surface area contributed by atoms with Crippen molar-refractivity contribution in [2.75, 3.05) is 52.9 Å². The first-order valence-electron chi connectivity index (χ1n) is 7.61. The van der Waals surface area contributed by atoms with Gasteiger partial charge in [0.25, 0.3) is 0 Å². The maximum absolute atomic E-state index is 5.98. The first-order valence-corrected chi connectivity index (χ1v) is 7.61. The third-order valence-electron chi connectivity index (χ3n) is 4.71. The van der Waals surface area contributed by atoms with Crippen LogP contribution >= 0.6 is 0 Å².